The molecule has 0 unspecified atom stereocenters. The smallest absolute Gasteiger partial charge is 0.298 e. The second-order valence-corrected chi connectivity index (χ2v) is 6.34. The highest BCUT2D eigenvalue weighted by Crippen LogP contribution is 2.08. The fraction of sp³-hybridized carbons (Fsp3) is 0.0455. The van der Waals surface area contributed by atoms with Crippen molar-refractivity contribution in [3.8, 4) is 0 Å². The van der Waals surface area contributed by atoms with Crippen LogP contribution in [0.25, 0.3) is 6.08 Å². The van der Waals surface area contributed by atoms with Crippen LogP contribution < -0.4 is 21.3 Å². The van der Waals surface area contributed by atoms with E-state index in [2.05, 4.69) is 0 Å². The first-order valence-corrected chi connectivity index (χ1v) is 9.35. The van der Waals surface area contributed by atoms with Crippen molar-refractivity contribution in [1.82, 2.24) is 21.3 Å². The molecule has 2 fully saturated rings. The minimum absolute atomic E-state index is 0.0780. The van der Waals surface area contributed by atoms with Crippen LogP contribution in [0.5, 0.6) is 0 Å². The summed E-state index contributed by atoms with van der Waals surface area (Å²) in [6.07, 6.45) is 2.00. The van der Waals surface area contributed by atoms with Crippen LogP contribution in [-0.2, 0) is 19.2 Å². The van der Waals surface area contributed by atoms with Gasteiger partial charge in [-0.15, -0.1) is 0 Å². The van der Waals surface area contributed by atoms with Crippen LogP contribution in [0.4, 0.5) is 9.59 Å². The van der Waals surface area contributed by atoms with Gasteiger partial charge in [0.2, 0.25) is 11.8 Å². The standard InChI is InChI=1S/C11H8N2O3.C7H6O.C4H4N2O3/c14-9-8(10(15)13-11(16)12-9)6-7-4-2-1-3-5-7;8-6-7-4-2-1-3-5-7;7-2-1-3(8)6-4(9)5-2/h1-6H,(H2,12,13,14,15,16);1-6H;1H2,(H2,5,6,7,8,9). The van der Waals surface area contributed by atoms with Gasteiger partial charge in [-0.25, -0.2) is 9.59 Å². The van der Waals surface area contributed by atoms with Crippen LogP contribution in [0.1, 0.15) is 22.3 Å². The third-order valence-electron chi connectivity index (χ3n) is 3.82. The number of nitrogens with one attached hydrogen (secondary N) is 4. The van der Waals surface area contributed by atoms with Gasteiger partial charge in [-0.3, -0.25) is 45.2 Å². The lowest BCUT2D eigenvalue weighted by molar-refractivity contribution is -0.130. The number of hydrogen-bond acceptors (Lipinski definition) is 7. The predicted molar refractivity (Wildman–Crippen MR) is 114 cm³/mol. The molecule has 2 aliphatic heterocycles. The maximum Gasteiger partial charge on any atom is 0.328 e. The topological polar surface area (TPSA) is 168 Å². The number of aldehydes is 1. The molecule has 2 saturated heterocycles. The molecular weight excluding hydrogens is 432 g/mol. The molecule has 0 aliphatic carbocycles. The average Bonchev–Trinajstić information content (AvgIpc) is 2.77. The Morgan fingerprint density at radius 3 is 1.39 bits per heavy atom. The number of imide groups is 4. The molecule has 0 aromatic heterocycles. The Hall–Kier alpha value is -4.93. The Labute approximate surface area is 187 Å². The van der Waals surface area contributed by atoms with Gasteiger partial charge >= 0.3 is 12.1 Å². The molecule has 11 heteroatoms. The fourth-order valence-electron chi connectivity index (χ4n) is 2.37. The van der Waals surface area contributed by atoms with E-state index in [4.69, 9.17) is 0 Å². The van der Waals surface area contributed by atoms with E-state index in [9.17, 15) is 33.6 Å². The number of rotatable bonds is 2. The number of urea groups is 2. The van der Waals surface area contributed by atoms with Crippen molar-refractivity contribution in [1.29, 1.82) is 0 Å². The molecule has 0 atom stereocenters. The van der Waals surface area contributed by atoms with Crippen LogP contribution in [0.2, 0.25) is 0 Å². The van der Waals surface area contributed by atoms with Crippen molar-refractivity contribution in [3.63, 3.8) is 0 Å². The maximum absolute atomic E-state index is 11.4. The van der Waals surface area contributed by atoms with E-state index in [0.29, 0.717) is 0 Å². The summed E-state index contributed by atoms with van der Waals surface area (Å²) in [6, 6.07) is 16.5. The molecule has 4 rings (SSSR count). The zero-order valence-electron chi connectivity index (χ0n) is 17.0. The number of amides is 8. The van der Waals surface area contributed by atoms with Crippen LogP contribution in [0, 0.1) is 0 Å². The quantitative estimate of drug-likeness (QED) is 0.226. The van der Waals surface area contributed by atoms with E-state index in [1.165, 1.54) is 6.08 Å². The largest absolute Gasteiger partial charge is 0.328 e. The third-order valence-corrected chi connectivity index (χ3v) is 3.82. The molecule has 0 saturated carbocycles. The summed E-state index contributed by atoms with van der Waals surface area (Å²) in [7, 11) is 0. The molecule has 11 nitrogen and oxygen atoms in total. The van der Waals surface area contributed by atoms with E-state index in [0.717, 1.165) is 17.4 Å². The molecule has 2 aliphatic rings. The number of hydrogen-bond donors (Lipinski definition) is 4. The summed E-state index contributed by atoms with van der Waals surface area (Å²) < 4.78 is 0. The lowest BCUT2D eigenvalue weighted by Gasteiger charge is -2.13. The molecule has 0 bridgehead atoms. The van der Waals surface area contributed by atoms with Gasteiger partial charge in [0.1, 0.15) is 18.3 Å². The molecule has 0 radical (unpaired) electrons. The average molecular weight is 450 g/mol. The molecule has 2 heterocycles. The van der Waals surface area contributed by atoms with Crippen molar-refractivity contribution >= 4 is 48.1 Å². The van der Waals surface area contributed by atoms with Crippen LogP contribution >= 0.6 is 0 Å². The number of barbiturate groups is 2. The third kappa shape index (κ3) is 8.38. The van der Waals surface area contributed by atoms with Gasteiger partial charge in [0, 0.05) is 5.56 Å². The van der Waals surface area contributed by atoms with Gasteiger partial charge in [-0.1, -0.05) is 60.7 Å². The number of carbonyl (C=O) groups excluding carboxylic acids is 7. The summed E-state index contributed by atoms with van der Waals surface area (Å²) in [5.41, 5.74) is 1.37. The van der Waals surface area contributed by atoms with Gasteiger partial charge in [0.05, 0.1) is 0 Å². The Morgan fingerprint density at radius 2 is 1.00 bits per heavy atom. The summed E-state index contributed by atoms with van der Waals surface area (Å²) in [5.74, 6) is -2.47. The Kier molecular flexibility index (Phi) is 8.89. The molecule has 8 amide bonds. The monoisotopic (exact) mass is 450 g/mol. The van der Waals surface area contributed by atoms with Crippen LogP contribution in [0.15, 0.2) is 66.2 Å². The summed E-state index contributed by atoms with van der Waals surface area (Å²) >= 11 is 0. The minimum Gasteiger partial charge on any atom is -0.298 e. The zero-order valence-corrected chi connectivity index (χ0v) is 17.0. The van der Waals surface area contributed by atoms with Crippen molar-refractivity contribution < 1.29 is 33.6 Å². The Balaban J connectivity index is 0.000000192. The first-order chi connectivity index (χ1) is 15.8. The van der Waals surface area contributed by atoms with Crippen molar-refractivity contribution in [2.45, 2.75) is 6.42 Å². The fourth-order valence-corrected chi connectivity index (χ4v) is 2.37. The van der Waals surface area contributed by atoms with E-state index >= 15 is 0 Å². The lowest BCUT2D eigenvalue weighted by atomic mass is 10.1. The van der Waals surface area contributed by atoms with Gasteiger partial charge in [-0.05, 0) is 11.6 Å². The highest BCUT2D eigenvalue weighted by molar-refractivity contribution is 6.31. The van der Waals surface area contributed by atoms with Crippen LogP contribution in [-0.4, -0.2) is 42.0 Å². The molecular formula is C22H18N4O7. The highest BCUT2D eigenvalue weighted by atomic mass is 16.2. The second kappa shape index (κ2) is 12.1. The van der Waals surface area contributed by atoms with E-state index in [1.807, 2.05) is 45.5 Å². The Morgan fingerprint density at radius 1 is 0.576 bits per heavy atom. The van der Waals surface area contributed by atoms with Gasteiger partial charge in [0.25, 0.3) is 11.8 Å². The first kappa shape index (κ1) is 24.3. The van der Waals surface area contributed by atoms with Gasteiger partial charge in [-0.2, -0.15) is 0 Å². The van der Waals surface area contributed by atoms with E-state index in [-0.39, 0.29) is 12.0 Å². The normalized spacial score (nSPS) is 14.7. The van der Waals surface area contributed by atoms with Crippen molar-refractivity contribution in [2.75, 3.05) is 0 Å². The highest BCUT2D eigenvalue weighted by Gasteiger charge is 2.27. The van der Waals surface area contributed by atoms with Gasteiger partial charge < -0.3 is 0 Å². The minimum atomic E-state index is -0.791. The summed E-state index contributed by atoms with van der Waals surface area (Å²) in [6.45, 7) is 0. The van der Waals surface area contributed by atoms with Crippen LogP contribution in [0.3, 0.4) is 0 Å². The van der Waals surface area contributed by atoms with Crippen molar-refractivity contribution in [2.24, 2.45) is 0 Å². The SMILES string of the molecule is O=C1CC(=O)NC(=O)N1.O=C1NC(=O)C(=Cc2ccccc2)C(=O)N1.O=Cc1ccccc1. The molecule has 0 spiro atoms. The van der Waals surface area contributed by atoms with Gasteiger partial charge in [0.15, 0.2) is 0 Å². The number of benzene rings is 2. The maximum atomic E-state index is 11.4. The zero-order chi connectivity index (χ0) is 24.2. The molecule has 4 N–H and O–H groups in total. The predicted octanol–water partition coefficient (Wildman–Crippen LogP) is 0.678. The van der Waals surface area contributed by atoms with E-state index in [1.54, 1.807) is 36.4 Å². The summed E-state index contributed by atoms with van der Waals surface area (Å²) in [4.78, 5) is 74.3. The second-order valence-electron chi connectivity index (χ2n) is 6.34. The first-order valence-electron chi connectivity index (χ1n) is 9.35. The molecule has 33 heavy (non-hydrogen) atoms. The number of carbonyl (C=O) groups is 7. The Bertz CT molecular complexity index is 1040. The molecule has 2 aromatic rings. The lowest BCUT2D eigenvalue weighted by Crippen LogP contribution is -2.51. The summed E-state index contributed by atoms with van der Waals surface area (Å²) in [5, 5.41) is 7.80. The van der Waals surface area contributed by atoms with E-state index < -0.39 is 35.7 Å². The molecule has 168 valence electrons. The molecule has 2 aromatic carbocycles. The van der Waals surface area contributed by atoms with Crippen molar-refractivity contribution in [3.05, 3.63) is 77.4 Å².